The van der Waals surface area contributed by atoms with Gasteiger partial charge in [-0.05, 0) is 62.3 Å². The second-order valence-corrected chi connectivity index (χ2v) is 7.76. The molecule has 1 aliphatic carbocycles. The van der Waals surface area contributed by atoms with E-state index in [-0.39, 0.29) is 0 Å². The fourth-order valence-electron chi connectivity index (χ4n) is 3.19. The number of nitrogens with one attached hydrogen (secondary N) is 1. The Kier molecular flexibility index (Phi) is 6.70. The van der Waals surface area contributed by atoms with Crippen molar-refractivity contribution in [2.45, 2.75) is 85.6 Å². The lowest BCUT2D eigenvalue weighted by Gasteiger charge is -2.29. The largest absolute Gasteiger partial charge is 0.314 e. The van der Waals surface area contributed by atoms with Crippen molar-refractivity contribution in [3.05, 3.63) is 0 Å². The van der Waals surface area contributed by atoms with Gasteiger partial charge in [0.1, 0.15) is 0 Å². The number of hydrogen-bond acceptors (Lipinski definition) is 1. The molecule has 0 saturated heterocycles. The first-order valence-corrected chi connectivity index (χ1v) is 8.13. The van der Waals surface area contributed by atoms with Crippen LogP contribution in [-0.2, 0) is 0 Å². The molecular weight excluding hydrogens is 218 g/mol. The lowest BCUT2D eigenvalue weighted by molar-refractivity contribution is 0.213. The Bertz CT molecular complexity index is 214. The quantitative estimate of drug-likeness (QED) is 0.536. The van der Waals surface area contributed by atoms with Crippen LogP contribution >= 0.6 is 0 Å². The Hall–Kier alpha value is -0.0400. The van der Waals surface area contributed by atoms with Gasteiger partial charge in [0.15, 0.2) is 0 Å². The van der Waals surface area contributed by atoms with E-state index in [0.29, 0.717) is 5.41 Å². The van der Waals surface area contributed by atoms with E-state index in [1.807, 2.05) is 0 Å². The van der Waals surface area contributed by atoms with Gasteiger partial charge >= 0.3 is 0 Å². The zero-order chi connectivity index (χ0) is 13.6. The van der Waals surface area contributed by atoms with E-state index >= 15 is 0 Å². The molecule has 0 amide bonds. The van der Waals surface area contributed by atoms with Crippen LogP contribution in [0.1, 0.15) is 79.6 Å². The van der Waals surface area contributed by atoms with Crippen molar-refractivity contribution in [1.29, 1.82) is 0 Å². The van der Waals surface area contributed by atoms with Gasteiger partial charge in [0, 0.05) is 6.04 Å². The summed E-state index contributed by atoms with van der Waals surface area (Å²) in [4.78, 5) is 0. The average Bonchev–Trinajstić information content (AvgIpc) is 2.48. The highest BCUT2D eigenvalue weighted by Crippen LogP contribution is 2.36. The monoisotopic (exact) mass is 253 g/mol. The van der Waals surface area contributed by atoms with Gasteiger partial charge in [0.05, 0.1) is 0 Å². The third kappa shape index (κ3) is 6.22. The van der Waals surface area contributed by atoms with E-state index < -0.39 is 0 Å². The summed E-state index contributed by atoms with van der Waals surface area (Å²) in [7, 11) is 0. The molecule has 0 aromatic heterocycles. The minimum absolute atomic E-state index is 0.506. The first-order valence-electron chi connectivity index (χ1n) is 8.13. The van der Waals surface area contributed by atoms with Crippen LogP contribution in [0, 0.1) is 17.3 Å². The summed E-state index contributed by atoms with van der Waals surface area (Å²) in [5, 5.41) is 3.79. The second-order valence-electron chi connectivity index (χ2n) is 7.76. The minimum Gasteiger partial charge on any atom is -0.314 e. The minimum atomic E-state index is 0.506. The summed E-state index contributed by atoms with van der Waals surface area (Å²) >= 11 is 0. The van der Waals surface area contributed by atoms with Crippen molar-refractivity contribution >= 4 is 0 Å². The summed E-state index contributed by atoms with van der Waals surface area (Å²) < 4.78 is 0. The predicted molar refractivity (Wildman–Crippen MR) is 81.9 cm³/mol. The molecule has 0 heterocycles. The molecule has 1 rings (SSSR count). The SMILES string of the molecule is CC(C)CCCNC1CCCC(C(C)(C)C)CC1. The molecule has 0 radical (unpaired) electrons. The number of rotatable bonds is 5. The Morgan fingerprint density at radius 3 is 2.39 bits per heavy atom. The molecule has 1 nitrogen and oxygen atoms in total. The molecule has 18 heavy (non-hydrogen) atoms. The van der Waals surface area contributed by atoms with E-state index in [2.05, 4.69) is 39.9 Å². The number of hydrogen-bond donors (Lipinski definition) is 1. The average molecular weight is 253 g/mol. The van der Waals surface area contributed by atoms with Crippen LogP contribution in [0.2, 0.25) is 0 Å². The van der Waals surface area contributed by atoms with Crippen LogP contribution in [0.25, 0.3) is 0 Å². The molecule has 1 saturated carbocycles. The van der Waals surface area contributed by atoms with Crippen molar-refractivity contribution in [3.8, 4) is 0 Å². The van der Waals surface area contributed by atoms with Crippen LogP contribution in [0.3, 0.4) is 0 Å². The first kappa shape index (κ1) is 16.0. The van der Waals surface area contributed by atoms with Gasteiger partial charge < -0.3 is 5.32 Å². The fourth-order valence-corrected chi connectivity index (χ4v) is 3.19. The molecule has 0 spiro atoms. The van der Waals surface area contributed by atoms with Gasteiger partial charge in [-0.15, -0.1) is 0 Å². The summed E-state index contributed by atoms with van der Waals surface area (Å²) in [6, 6.07) is 0.796. The van der Waals surface area contributed by atoms with Crippen LogP contribution in [0.15, 0.2) is 0 Å². The Morgan fingerprint density at radius 1 is 1.06 bits per heavy atom. The standard InChI is InChI=1S/C17H35N/c1-14(2)8-7-13-18-16-10-6-9-15(11-12-16)17(3,4)5/h14-16,18H,6-13H2,1-5H3. The van der Waals surface area contributed by atoms with E-state index in [1.165, 1.54) is 51.5 Å². The molecular formula is C17H35N. The Morgan fingerprint density at radius 2 is 1.78 bits per heavy atom. The lowest BCUT2D eigenvalue weighted by Crippen LogP contribution is -2.30. The van der Waals surface area contributed by atoms with E-state index in [9.17, 15) is 0 Å². The van der Waals surface area contributed by atoms with E-state index in [1.54, 1.807) is 0 Å². The molecule has 0 aromatic carbocycles. The van der Waals surface area contributed by atoms with Crippen LogP contribution in [-0.4, -0.2) is 12.6 Å². The molecule has 1 heteroatoms. The molecule has 1 aliphatic rings. The molecule has 0 aromatic rings. The predicted octanol–water partition coefficient (Wildman–Crippen LogP) is 5.01. The zero-order valence-electron chi connectivity index (χ0n) is 13.4. The van der Waals surface area contributed by atoms with Gasteiger partial charge in [-0.3, -0.25) is 0 Å². The topological polar surface area (TPSA) is 12.0 Å². The van der Waals surface area contributed by atoms with Crippen LogP contribution < -0.4 is 5.32 Å². The van der Waals surface area contributed by atoms with Crippen molar-refractivity contribution in [1.82, 2.24) is 5.32 Å². The summed E-state index contributed by atoms with van der Waals surface area (Å²) in [5.41, 5.74) is 0.506. The highest BCUT2D eigenvalue weighted by Gasteiger charge is 2.27. The van der Waals surface area contributed by atoms with Crippen molar-refractivity contribution in [2.24, 2.45) is 17.3 Å². The zero-order valence-corrected chi connectivity index (χ0v) is 13.4. The van der Waals surface area contributed by atoms with E-state index in [4.69, 9.17) is 0 Å². The molecule has 1 fully saturated rings. The van der Waals surface area contributed by atoms with E-state index in [0.717, 1.165) is 17.9 Å². The third-order valence-electron chi connectivity index (χ3n) is 4.58. The summed E-state index contributed by atoms with van der Waals surface area (Å²) in [5.74, 6) is 1.78. The van der Waals surface area contributed by atoms with Crippen molar-refractivity contribution in [2.75, 3.05) is 6.54 Å². The first-order chi connectivity index (χ1) is 8.39. The maximum Gasteiger partial charge on any atom is 0.00671 e. The Balaban J connectivity index is 2.21. The third-order valence-corrected chi connectivity index (χ3v) is 4.58. The molecule has 2 atom stereocenters. The van der Waals surface area contributed by atoms with Gasteiger partial charge in [0.2, 0.25) is 0 Å². The molecule has 0 bridgehead atoms. The summed E-state index contributed by atoms with van der Waals surface area (Å²) in [6.07, 6.45) is 9.78. The van der Waals surface area contributed by atoms with Crippen LogP contribution in [0.5, 0.6) is 0 Å². The highest BCUT2D eigenvalue weighted by molar-refractivity contribution is 4.81. The molecule has 2 unspecified atom stereocenters. The van der Waals surface area contributed by atoms with Gasteiger partial charge in [-0.2, -0.15) is 0 Å². The van der Waals surface area contributed by atoms with Crippen molar-refractivity contribution in [3.63, 3.8) is 0 Å². The summed E-state index contributed by atoms with van der Waals surface area (Å²) in [6.45, 7) is 13.1. The molecule has 0 aliphatic heterocycles. The van der Waals surface area contributed by atoms with Crippen molar-refractivity contribution < 1.29 is 0 Å². The maximum absolute atomic E-state index is 3.79. The molecule has 1 N–H and O–H groups in total. The van der Waals surface area contributed by atoms with Gasteiger partial charge in [0.25, 0.3) is 0 Å². The highest BCUT2D eigenvalue weighted by atomic mass is 14.9. The Labute approximate surface area is 115 Å². The van der Waals surface area contributed by atoms with Crippen LogP contribution in [0.4, 0.5) is 0 Å². The smallest absolute Gasteiger partial charge is 0.00671 e. The second kappa shape index (κ2) is 7.53. The maximum atomic E-state index is 3.79. The normalized spacial score (nSPS) is 26.3. The fraction of sp³-hybridized carbons (Fsp3) is 1.00. The van der Waals surface area contributed by atoms with Gasteiger partial charge in [-0.25, -0.2) is 0 Å². The molecule has 108 valence electrons. The van der Waals surface area contributed by atoms with Gasteiger partial charge in [-0.1, -0.05) is 41.0 Å². The lowest BCUT2D eigenvalue weighted by atomic mass is 9.76.